The Morgan fingerprint density at radius 3 is 2.50 bits per heavy atom. The number of rotatable bonds is 1. The van der Waals surface area contributed by atoms with Gasteiger partial charge in [-0.1, -0.05) is 19.9 Å². The van der Waals surface area contributed by atoms with Crippen LogP contribution in [-0.4, -0.2) is 39.6 Å². The number of aliphatic hydroxyl groups is 2. The average molecular weight is 439 g/mol. The van der Waals surface area contributed by atoms with E-state index in [1.807, 2.05) is 19.9 Å². The molecule has 0 unspecified atom stereocenters. The first kappa shape index (κ1) is 20.4. The van der Waals surface area contributed by atoms with Gasteiger partial charge in [0.05, 0.1) is 35.6 Å². The topological polar surface area (TPSA) is 100 Å². The number of Topliss-reactive ketones (excluding diaryl/α,β-unsaturated/α-hetero) is 1. The maximum Gasteiger partial charge on any atom is 0.206 e. The quantitative estimate of drug-likeness (QED) is 0.646. The third-order valence-electron chi connectivity index (χ3n) is 10.1. The summed E-state index contributed by atoms with van der Waals surface area (Å²) in [6.07, 6.45) is 7.02. The Balaban J connectivity index is 1.60. The number of carbonyl (C=O) groups is 2. The average Bonchev–Trinajstić information content (AvgIpc) is 3.08. The summed E-state index contributed by atoms with van der Waals surface area (Å²) in [6.45, 7) is 9.42. The molecule has 3 fully saturated rings. The van der Waals surface area contributed by atoms with Crippen LogP contribution in [0.25, 0.3) is 0 Å². The van der Waals surface area contributed by atoms with Gasteiger partial charge in [-0.2, -0.15) is 0 Å². The van der Waals surface area contributed by atoms with E-state index in [9.17, 15) is 19.8 Å². The Kier molecular flexibility index (Phi) is 3.50. The zero-order valence-corrected chi connectivity index (χ0v) is 19.1. The Hall–Kier alpha value is -2.18. The molecule has 6 nitrogen and oxygen atoms in total. The summed E-state index contributed by atoms with van der Waals surface area (Å²) in [7, 11) is 0. The van der Waals surface area contributed by atoms with Crippen molar-refractivity contribution in [2.45, 2.75) is 71.2 Å². The molecule has 0 bridgehead atoms. The summed E-state index contributed by atoms with van der Waals surface area (Å²) >= 11 is 0. The van der Waals surface area contributed by atoms with E-state index < -0.39 is 45.1 Å². The predicted molar refractivity (Wildman–Crippen MR) is 115 cm³/mol. The largest absolute Gasteiger partial charge is 0.504 e. The van der Waals surface area contributed by atoms with E-state index in [4.69, 9.17) is 9.15 Å². The standard InChI is InChI=1S/C26H30O6/c1-22(2)16(28)6-8-23(3)19-15(27)11-24(4)14(13-7-9-31-12-13)10-17-26(24,32-17)25(19,5)21(30)18(29)20(22)23/h6-9,12,14-15,17,19,27,29H,10-11H2,1-5H3/t14-,15+,17+,19+,23+,24-,25-,26+/m0/s1. The first-order valence-corrected chi connectivity index (χ1v) is 11.5. The maximum atomic E-state index is 14.1. The zero-order valence-electron chi connectivity index (χ0n) is 19.1. The van der Waals surface area contributed by atoms with Crippen LogP contribution in [0.1, 0.15) is 58.9 Å². The number of carbonyl (C=O) groups excluding carboxylic acids is 2. The van der Waals surface area contributed by atoms with Crippen LogP contribution in [0.5, 0.6) is 0 Å². The van der Waals surface area contributed by atoms with Crippen LogP contribution >= 0.6 is 0 Å². The molecule has 170 valence electrons. The Bertz CT molecular complexity index is 1130. The first-order valence-electron chi connectivity index (χ1n) is 11.5. The number of epoxide rings is 1. The van der Waals surface area contributed by atoms with Crippen LogP contribution in [0.3, 0.4) is 0 Å². The van der Waals surface area contributed by atoms with E-state index in [1.165, 1.54) is 0 Å². The van der Waals surface area contributed by atoms with Crippen molar-refractivity contribution < 1.29 is 29.0 Å². The van der Waals surface area contributed by atoms with Gasteiger partial charge in [0, 0.05) is 16.7 Å². The summed E-state index contributed by atoms with van der Waals surface area (Å²) < 4.78 is 11.8. The molecule has 1 spiro atoms. The van der Waals surface area contributed by atoms with E-state index in [0.29, 0.717) is 12.0 Å². The second kappa shape index (κ2) is 5.48. The highest BCUT2D eigenvalue weighted by Crippen LogP contribution is 2.81. The number of aliphatic hydroxyl groups excluding tert-OH is 2. The van der Waals surface area contributed by atoms with Crippen molar-refractivity contribution >= 4 is 11.6 Å². The van der Waals surface area contributed by atoms with Gasteiger partial charge in [-0.25, -0.2) is 0 Å². The molecule has 2 saturated carbocycles. The molecule has 0 amide bonds. The molecular formula is C26H30O6. The number of ketones is 2. The highest BCUT2D eigenvalue weighted by molar-refractivity contribution is 6.06. The molecule has 0 aromatic carbocycles. The number of allylic oxidation sites excluding steroid dienone is 4. The SMILES string of the molecule is CC1(C)C(=O)C=C[C@@]2(C)C1=C(O)C(=O)[C@]1(C)[C@@H]2[C@H](O)C[C@@]2(C)[C@H](c3ccoc3)C[C@H]3O[C@]321. The fourth-order valence-corrected chi connectivity index (χ4v) is 8.95. The minimum absolute atomic E-state index is 0.0838. The Labute approximate surface area is 187 Å². The third kappa shape index (κ3) is 1.82. The summed E-state index contributed by atoms with van der Waals surface area (Å²) in [5, 5.41) is 23.1. The molecule has 6 rings (SSSR count). The maximum absolute atomic E-state index is 14.1. The van der Waals surface area contributed by atoms with Gasteiger partial charge in [0.1, 0.15) is 5.60 Å². The lowest BCUT2D eigenvalue weighted by Crippen LogP contribution is -2.70. The van der Waals surface area contributed by atoms with E-state index in [-0.39, 0.29) is 23.6 Å². The molecule has 2 heterocycles. The van der Waals surface area contributed by atoms with Crippen molar-refractivity contribution in [3.8, 4) is 0 Å². The molecule has 0 radical (unpaired) electrons. The smallest absolute Gasteiger partial charge is 0.206 e. The summed E-state index contributed by atoms with van der Waals surface area (Å²) in [5.41, 5.74) is -2.82. The fourth-order valence-electron chi connectivity index (χ4n) is 8.95. The summed E-state index contributed by atoms with van der Waals surface area (Å²) in [5.74, 6) is -1.33. The number of fused-ring (bicyclic) bond motifs is 3. The molecular weight excluding hydrogens is 408 g/mol. The van der Waals surface area contributed by atoms with Gasteiger partial charge in [-0.15, -0.1) is 0 Å². The first-order chi connectivity index (χ1) is 14.9. The third-order valence-corrected chi connectivity index (χ3v) is 10.1. The van der Waals surface area contributed by atoms with Crippen LogP contribution in [-0.2, 0) is 14.3 Å². The van der Waals surface area contributed by atoms with Crippen molar-refractivity contribution in [1.29, 1.82) is 0 Å². The number of furan rings is 1. The normalized spacial score (nSPS) is 50.6. The van der Waals surface area contributed by atoms with Crippen molar-refractivity contribution in [3.63, 3.8) is 0 Å². The second-order valence-corrected chi connectivity index (χ2v) is 11.7. The highest BCUT2D eigenvalue weighted by Gasteiger charge is 2.88. The van der Waals surface area contributed by atoms with Gasteiger partial charge in [0.2, 0.25) is 5.78 Å². The lowest BCUT2D eigenvalue weighted by atomic mass is 9.38. The minimum atomic E-state index is -1.13. The van der Waals surface area contributed by atoms with Gasteiger partial charge in [0.25, 0.3) is 0 Å². The molecule has 8 atom stereocenters. The van der Waals surface area contributed by atoms with Crippen LogP contribution in [0, 0.1) is 27.6 Å². The fraction of sp³-hybridized carbons (Fsp3) is 0.615. The summed E-state index contributed by atoms with van der Waals surface area (Å²) in [6, 6.07) is 1.95. The van der Waals surface area contributed by atoms with Gasteiger partial charge < -0.3 is 19.4 Å². The monoisotopic (exact) mass is 438 g/mol. The van der Waals surface area contributed by atoms with Gasteiger partial charge in [-0.3, -0.25) is 9.59 Å². The molecule has 4 aliphatic carbocycles. The predicted octanol–water partition coefficient (Wildman–Crippen LogP) is 3.86. The number of hydrogen-bond acceptors (Lipinski definition) is 6. The van der Waals surface area contributed by atoms with E-state index in [1.54, 1.807) is 38.5 Å². The molecule has 1 saturated heterocycles. The number of hydrogen-bond donors (Lipinski definition) is 2. The van der Waals surface area contributed by atoms with Crippen LogP contribution < -0.4 is 0 Å². The van der Waals surface area contributed by atoms with Crippen molar-refractivity contribution in [1.82, 2.24) is 0 Å². The molecule has 32 heavy (non-hydrogen) atoms. The van der Waals surface area contributed by atoms with Crippen LogP contribution in [0.4, 0.5) is 0 Å². The van der Waals surface area contributed by atoms with Gasteiger partial charge in [0.15, 0.2) is 11.5 Å². The van der Waals surface area contributed by atoms with Crippen LogP contribution in [0.15, 0.2) is 46.5 Å². The Morgan fingerprint density at radius 2 is 1.84 bits per heavy atom. The van der Waals surface area contributed by atoms with E-state index in [0.717, 1.165) is 12.0 Å². The highest BCUT2D eigenvalue weighted by atomic mass is 16.6. The van der Waals surface area contributed by atoms with E-state index >= 15 is 0 Å². The van der Waals surface area contributed by atoms with Crippen LogP contribution in [0.2, 0.25) is 0 Å². The lowest BCUT2D eigenvalue weighted by Gasteiger charge is -2.63. The van der Waals surface area contributed by atoms with Crippen molar-refractivity contribution in [2.24, 2.45) is 27.6 Å². The van der Waals surface area contributed by atoms with Crippen molar-refractivity contribution in [2.75, 3.05) is 0 Å². The lowest BCUT2D eigenvalue weighted by molar-refractivity contribution is -0.187. The van der Waals surface area contributed by atoms with Gasteiger partial charge in [-0.05, 0) is 62.8 Å². The molecule has 1 aromatic rings. The Morgan fingerprint density at radius 1 is 1.12 bits per heavy atom. The molecule has 5 aliphatic rings. The number of ether oxygens (including phenoxy) is 1. The summed E-state index contributed by atoms with van der Waals surface area (Å²) in [4.78, 5) is 26.8. The van der Waals surface area contributed by atoms with Gasteiger partial charge >= 0.3 is 0 Å². The molecule has 6 heteroatoms. The molecule has 1 aromatic heterocycles. The second-order valence-electron chi connectivity index (χ2n) is 11.7. The zero-order chi connectivity index (χ0) is 23.1. The molecule has 1 aliphatic heterocycles. The van der Waals surface area contributed by atoms with Crippen molar-refractivity contribution in [3.05, 3.63) is 47.6 Å². The van der Waals surface area contributed by atoms with E-state index in [2.05, 4.69) is 6.92 Å². The molecule has 2 N–H and O–H groups in total. The minimum Gasteiger partial charge on any atom is -0.504 e.